The van der Waals surface area contributed by atoms with Gasteiger partial charge in [0, 0.05) is 17.5 Å². The van der Waals surface area contributed by atoms with Gasteiger partial charge in [-0.05, 0) is 42.7 Å². The molecule has 0 fully saturated rings. The second-order valence-corrected chi connectivity index (χ2v) is 6.64. The zero-order chi connectivity index (χ0) is 19.2. The van der Waals surface area contributed by atoms with E-state index in [9.17, 15) is 9.59 Å². The van der Waals surface area contributed by atoms with Crippen molar-refractivity contribution < 1.29 is 9.59 Å². The first-order valence-corrected chi connectivity index (χ1v) is 9.44. The number of carbonyl (C=O) groups is 2. The molecule has 3 aromatic rings. The number of carbonyl (C=O) groups excluding carboxylic acids is 2. The maximum atomic E-state index is 12.6. The third kappa shape index (κ3) is 4.53. The lowest BCUT2D eigenvalue weighted by Crippen LogP contribution is -2.35. The number of nitrogens with zero attached hydrogens (tertiary/aromatic N) is 4. The average Bonchev–Trinajstić information content (AvgIpc) is 3.22. The predicted molar refractivity (Wildman–Crippen MR) is 105 cm³/mol. The fourth-order valence-electron chi connectivity index (χ4n) is 2.54. The lowest BCUT2D eigenvalue weighted by molar-refractivity contribution is -0.116. The second kappa shape index (κ2) is 8.50. The van der Waals surface area contributed by atoms with E-state index >= 15 is 0 Å². The van der Waals surface area contributed by atoms with Gasteiger partial charge in [0.05, 0.1) is 17.9 Å². The Hall–Kier alpha value is -3.13. The van der Waals surface area contributed by atoms with E-state index in [1.54, 1.807) is 54.1 Å². The summed E-state index contributed by atoms with van der Waals surface area (Å²) in [6, 6.07) is 14.5. The number of hydrogen-bond acceptors (Lipinski definition) is 5. The summed E-state index contributed by atoms with van der Waals surface area (Å²) < 4.78 is 1.61. The van der Waals surface area contributed by atoms with Crippen LogP contribution in [0.1, 0.15) is 10.4 Å². The van der Waals surface area contributed by atoms with Crippen molar-refractivity contribution in [2.45, 2.75) is 4.90 Å². The summed E-state index contributed by atoms with van der Waals surface area (Å²) in [7, 11) is 1.60. The standard InChI is InChI=1S/C19H19N5O2S/c1-23(11-18(25)22-16-5-3-4-6-17(16)27-2)19(26)14-7-9-15(10-8-14)24-13-20-12-21-24/h3-10,12-13H,11H2,1-2H3,(H,22,25). The minimum Gasteiger partial charge on any atom is -0.332 e. The molecular formula is C19H19N5O2S. The molecule has 2 amide bonds. The van der Waals surface area contributed by atoms with Crippen LogP contribution in [0.15, 0.2) is 66.1 Å². The van der Waals surface area contributed by atoms with Crippen molar-refractivity contribution in [3.63, 3.8) is 0 Å². The Bertz CT molecular complexity index is 926. The topological polar surface area (TPSA) is 80.1 Å². The molecule has 2 aromatic carbocycles. The first-order valence-electron chi connectivity index (χ1n) is 8.22. The number of likely N-dealkylation sites (N-methyl/N-ethyl adjacent to an activating group) is 1. The molecule has 0 spiro atoms. The Morgan fingerprint density at radius 3 is 2.56 bits per heavy atom. The smallest absolute Gasteiger partial charge is 0.254 e. The van der Waals surface area contributed by atoms with E-state index in [-0.39, 0.29) is 18.4 Å². The molecule has 0 unspecified atom stereocenters. The molecule has 0 aliphatic rings. The summed E-state index contributed by atoms with van der Waals surface area (Å²) in [5.41, 5.74) is 2.05. The van der Waals surface area contributed by atoms with Crippen LogP contribution in [-0.4, -0.2) is 51.3 Å². The van der Waals surface area contributed by atoms with Crippen molar-refractivity contribution >= 4 is 29.3 Å². The van der Waals surface area contributed by atoms with Gasteiger partial charge in [-0.1, -0.05) is 12.1 Å². The molecule has 7 nitrogen and oxygen atoms in total. The molecule has 0 aliphatic carbocycles. The summed E-state index contributed by atoms with van der Waals surface area (Å²) >= 11 is 1.55. The van der Waals surface area contributed by atoms with Gasteiger partial charge in [-0.25, -0.2) is 9.67 Å². The Morgan fingerprint density at radius 1 is 1.15 bits per heavy atom. The Morgan fingerprint density at radius 2 is 1.89 bits per heavy atom. The number of para-hydroxylation sites is 1. The number of rotatable bonds is 6. The van der Waals surface area contributed by atoms with Gasteiger partial charge in [-0.2, -0.15) is 5.10 Å². The zero-order valence-corrected chi connectivity index (χ0v) is 15.8. The second-order valence-electron chi connectivity index (χ2n) is 5.80. The van der Waals surface area contributed by atoms with Gasteiger partial charge in [-0.15, -0.1) is 11.8 Å². The highest BCUT2D eigenvalue weighted by Crippen LogP contribution is 2.24. The normalized spacial score (nSPS) is 10.4. The third-order valence-electron chi connectivity index (χ3n) is 3.91. The lowest BCUT2D eigenvalue weighted by Gasteiger charge is -2.17. The molecule has 0 atom stereocenters. The van der Waals surface area contributed by atoms with E-state index in [0.29, 0.717) is 5.56 Å². The molecule has 138 valence electrons. The molecule has 3 rings (SSSR count). The first-order chi connectivity index (χ1) is 13.1. The fourth-order valence-corrected chi connectivity index (χ4v) is 3.10. The number of anilines is 1. The number of thioether (sulfide) groups is 1. The van der Waals surface area contributed by atoms with E-state index in [0.717, 1.165) is 16.3 Å². The van der Waals surface area contributed by atoms with E-state index in [4.69, 9.17) is 0 Å². The predicted octanol–water partition coefficient (Wildman–Crippen LogP) is 2.70. The van der Waals surface area contributed by atoms with Crippen molar-refractivity contribution in [1.29, 1.82) is 0 Å². The van der Waals surface area contributed by atoms with Gasteiger partial charge in [0.1, 0.15) is 12.7 Å². The maximum Gasteiger partial charge on any atom is 0.254 e. The molecule has 0 aliphatic heterocycles. The Kier molecular flexibility index (Phi) is 5.87. The lowest BCUT2D eigenvalue weighted by atomic mass is 10.2. The van der Waals surface area contributed by atoms with E-state index < -0.39 is 0 Å². The van der Waals surface area contributed by atoms with Crippen molar-refractivity contribution in [3.8, 4) is 5.69 Å². The molecule has 0 bridgehead atoms. The first kappa shape index (κ1) is 18.7. The highest BCUT2D eigenvalue weighted by atomic mass is 32.2. The minimum atomic E-state index is -0.244. The molecule has 0 radical (unpaired) electrons. The van der Waals surface area contributed by atoms with Crippen LogP contribution in [0.2, 0.25) is 0 Å². The minimum absolute atomic E-state index is 0.0353. The van der Waals surface area contributed by atoms with Crippen LogP contribution in [0.25, 0.3) is 5.69 Å². The molecule has 0 saturated carbocycles. The number of nitrogens with one attached hydrogen (secondary N) is 1. The summed E-state index contributed by atoms with van der Waals surface area (Å²) in [5.74, 6) is -0.472. The SMILES string of the molecule is CSc1ccccc1NC(=O)CN(C)C(=O)c1ccc(-n2cncn2)cc1. The highest BCUT2D eigenvalue weighted by Gasteiger charge is 2.16. The molecular weight excluding hydrogens is 362 g/mol. The average molecular weight is 381 g/mol. The van der Waals surface area contributed by atoms with Gasteiger partial charge in [-0.3, -0.25) is 9.59 Å². The van der Waals surface area contributed by atoms with Crippen LogP contribution in [0.5, 0.6) is 0 Å². The Balaban J connectivity index is 1.62. The molecule has 27 heavy (non-hydrogen) atoms. The molecule has 8 heteroatoms. The summed E-state index contributed by atoms with van der Waals surface area (Å²) in [4.78, 5) is 31.1. The summed E-state index contributed by atoms with van der Waals surface area (Å²) in [6.45, 7) is -0.0353. The number of amides is 2. The van der Waals surface area contributed by atoms with Gasteiger partial charge in [0.2, 0.25) is 5.91 Å². The molecule has 1 heterocycles. The van der Waals surface area contributed by atoms with Crippen LogP contribution in [-0.2, 0) is 4.79 Å². The molecule has 1 aromatic heterocycles. The Labute approximate surface area is 161 Å². The molecule has 0 saturated heterocycles. The van der Waals surface area contributed by atoms with E-state index in [1.807, 2.05) is 30.5 Å². The third-order valence-corrected chi connectivity index (χ3v) is 4.70. The van der Waals surface area contributed by atoms with Crippen molar-refractivity contribution in [3.05, 3.63) is 66.7 Å². The van der Waals surface area contributed by atoms with Crippen LogP contribution in [0, 0.1) is 0 Å². The van der Waals surface area contributed by atoms with Gasteiger partial charge >= 0.3 is 0 Å². The van der Waals surface area contributed by atoms with Gasteiger partial charge in [0.25, 0.3) is 5.91 Å². The quantitative estimate of drug-likeness (QED) is 0.664. The number of hydrogen-bond donors (Lipinski definition) is 1. The largest absolute Gasteiger partial charge is 0.332 e. The van der Waals surface area contributed by atoms with Gasteiger partial charge in [0.15, 0.2) is 0 Å². The van der Waals surface area contributed by atoms with Gasteiger partial charge < -0.3 is 10.2 Å². The fraction of sp³-hybridized carbons (Fsp3) is 0.158. The zero-order valence-electron chi connectivity index (χ0n) is 15.0. The highest BCUT2D eigenvalue weighted by molar-refractivity contribution is 7.98. The maximum absolute atomic E-state index is 12.6. The number of aromatic nitrogens is 3. The molecule has 1 N–H and O–H groups in total. The summed E-state index contributed by atoms with van der Waals surface area (Å²) in [6.07, 6.45) is 4.98. The monoisotopic (exact) mass is 381 g/mol. The van der Waals surface area contributed by atoms with Crippen molar-refractivity contribution in [1.82, 2.24) is 19.7 Å². The van der Waals surface area contributed by atoms with Crippen LogP contribution < -0.4 is 5.32 Å². The van der Waals surface area contributed by atoms with Crippen molar-refractivity contribution in [2.75, 3.05) is 25.2 Å². The van der Waals surface area contributed by atoms with E-state index in [1.165, 1.54) is 11.2 Å². The van der Waals surface area contributed by atoms with Crippen LogP contribution >= 0.6 is 11.8 Å². The van der Waals surface area contributed by atoms with Crippen molar-refractivity contribution in [2.24, 2.45) is 0 Å². The van der Waals surface area contributed by atoms with Crippen LogP contribution in [0.3, 0.4) is 0 Å². The number of benzene rings is 2. The summed E-state index contributed by atoms with van der Waals surface area (Å²) in [5, 5.41) is 6.90. The van der Waals surface area contributed by atoms with Crippen LogP contribution in [0.4, 0.5) is 5.69 Å². The van der Waals surface area contributed by atoms with E-state index in [2.05, 4.69) is 15.4 Å².